The van der Waals surface area contributed by atoms with Gasteiger partial charge in [0.2, 0.25) is 0 Å². The van der Waals surface area contributed by atoms with Crippen molar-refractivity contribution in [2.45, 2.75) is 63.4 Å². The summed E-state index contributed by atoms with van der Waals surface area (Å²) in [5.74, 6) is -0.714. The van der Waals surface area contributed by atoms with Crippen LogP contribution < -0.4 is 0 Å². The molecule has 2 aromatic carbocycles. The van der Waals surface area contributed by atoms with E-state index in [0.717, 1.165) is 23.1 Å². The van der Waals surface area contributed by atoms with E-state index in [-0.39, 0.29) is 13.0 Å². The van der Waals surface area contributed by atoms with Gasteiger partial charge in [-0.25, -0.2) is 0 Å². The lowest BCUT2D eigenvalue weighted by atomic mass is 9.68. The molecule has 2 aromatic rings. The van der Waals surface area contributed by atoms with Gasteiger partial charge in [-0.3, -0.25) is 0 Å². The highest BCUT2D eigenvalue weighted by Gasteiger charge is 2.52. The van der Waals surface area contributed by atoms with Crippen molar-refractivity contribution >= 4 is 0 Å². The molecule has 0 saturated heterocycles. The van der Waals surface area contributed by atoms with Crippen LogP contribution in [0.5, 0.6) is 0 Å². The minimum atomic E-state index is -1.74. The van der Waals surface area contributed by atoms with Crippen molar-refractivity contribution in [1.82, 2.24) is 0 Å². The van der Waals surface area contributed by atoms with E-state index in [0.29, 0.717) is 18.4 Å². The molecule has 1 fully saturated rings. The van der Waals surface area contributed by atoms with Gasteiger partial charge in [-0.2, -0.15) is 0 Å². The number of aliphatic hydroxyl groups is 5. The highest BCUT2D eigenvalue weighted by atomic mass is 16.4. The first-order chi connectivity index (χ1) is 13.8. The summed E-state index contributed by atoms with van der Waals surface area (Å²) in [5, 5.41) is 52.1. The Kier molecular flexibility index (Phi) is 6.76. The largest absolute Gasteiger partial charge is 0.396 e. The number of aryl methyl sites for hydroxylation is 2. The average Bonchev–Trinajstić information content (AvgIpc) is 2.75. The fourth-order valence-corrected chi connectivity index (χ4v) is 4.40. The summed E-state index contributed by atoms with van der Waals surface area (Å²) in [5.41, 5.74) is 3.11. The monoisotopic (exact) mass is 400 g/mol. The molecule has 5 N–H and O–H groups in total. The molecule has 5 atom stereocenters. The molecular formula is C24H32O5. The van der Waals surface area contributed by atoms with Crippen LogP contribution in [0.2, 0.25) is 0 Å². The first-order valence-corrected chi connectivity index (χ1v) is 10.4. The summed E-state index contributed by atoms with van der Waals surface area (Å²) in [6.07, 6.45) is -2.04. The molecule has 158 valence electrons. The summed E-state index contributed by atoms with van der Waals surface area (Å²) < 4.78 is 0. The Morgan fingerprint density at radius 1 is 0.862 bits per heavy atom. The van der Waals surface area contributed by atoms with Crippen LogP contribution in [0.25, 0.3) is 0 Å². The molecular weight excluding hydrogens is 368 g/mol. The summed E-state index contributed by atoms with van der Waals surface area (Å²) in [6, 6.07) is 14.3. The lowest BCUT2D eigenvalue weighted by Crippen LogP contribution is -2.60. The Balaban J connectivity index is 1.97. The van der Waals surface area contributed by atoms with Crippen LogP contribution in [0, 0.1) is 5.92 Å². The van der Waals surface area contributed by atoms with Crippen LogP contribution in [0.15, 0.2) is 42.5 Å². The molecule has 0 heterocycles. The smallest absolute Gasteiger partial charge is 0.119 e. The van der Waals surface area contributed by atoms with Gasteiger partial charge >= 0.3 is 0 Å². The molecule has 0 aromatic heterocycles. The van der Waals surface area contributed by atoms with Gasteiger partial charge in [-0.15, -0.1) is 0 Å². The highest BCUT2D eigenvalue weighted by Crippen LogP contribution is 2.42. The van der Waals surface area contributed by atoms with E-state index in [1.54, 1.807) is 0 Å². The maximum absolute atomic E-state index is 11.4. The van der Waals surface area contributed by atoms with Crippen LogP contribution in [0.1, 0.15) is 48.1 Å². The highest BCUT2D eigenvalue weighted by molar-refractivity contribution is 5.40. The maximum Gasteiger partial charge on any atom is 0.119 e. The van der Waals surface area contributed by atoms with Crippen molar-refractivity contribution in [2.24, 2.45) is 5.92 Å². The molecule has 29 heavy (non-hydrogen) atoms. The average molecular weight is 401 g/mol. The first-order valence-electron chi connectivity index (χ1n) is 10.4. The van der Waals surface area contributed by atoms with Gasteiger partial charge in [-0.1, -0.05) is 56.3 Å². The van der Waals surface area contributed by atoms with Gasteiger partial charge in [0.05, 0.1) is 6.10 Å². The van der Waals surface area contributed by atoms with Crippen molar-refractivity contribution in [1.29, 1.82) is 0 Å². The normalized spacial score (nSPS) is 29.8. The number of rotatable bonds is 6. The van der Waals surface area contributed by atoms with E-state index in [4.69, 9.17) is 0 Å². The van der Waals surface area contributed by atoms with Crippen LogP contribution >= 0.6 is 0 Å². The number of aliphatic hydroxyl groups excluding tert-OH is 4. The minimum absolute atomic E-state index is 0.0233. The van der Waals surface area contributed by atoms with Gasteiger partial charge in [0.1, 0.15) is 17.8 Å². The predicted molar refractivity (Wildman–Crippen MR) is 112 cm³/mol. The van der Waals surface area contributed by atoms with Crippen LogP contribution in [-0.4, -0.2) is 50.5 Å². The van der Waals surface area contributed by atoms with Gasteiger partial charge in [0.25, 0.3) is 0 Å². The van der Waals surface area contributed by atoms with Crippen molar-refractivity contribution in [3.05, 3.63) is 70.3 Å². The molecule has 0 spiro atoms. The fourth-order valence-electron chi connectivity index (χ4n) is 4.40. The van der Waals surface area contributed by atoms with E-state index in [1.807, 2.05) is 25.1 Å². The molecule has 0 bridgehead atoms. The van der Waals surface area contributed by atoms with Crippen LogP contribution in [-0.2, 0) is 24.9 Å². The summed E-state index contributed by atoms with van der Waals surface area (Å²) >= 11 is 0. The molecule has 3 rings (SSSR count). The zero-order valence-corrected chi connectivity index (χ0v) is 17.1. The van der Waals surface area contributed by atoms with Crippen molar-refractivity contribution in [3.63, 3.8) is 0 Å². The number of benzene rings is 2. The first kappa shape index (κ1) is 21.9. The molecule has 0 amide bonds. The molecule has 1 saturated carbocycles. The molecule has 0 aliphatic heterocycles. The number of hydrogen-bond donors (Lipinski definition) is 5. The second kappa shape index (κ2) is 8.94. The van der Waals surface area contributed by atoms with Crippen LogP contribution in [0.4, 0.5) is 0 Å². The second-order valence-corrected chi connectivity index (χ2v) is 8.19. The molecule has 1 aliphatic carbocycles. The van der Waals surface area contributed by atoms with E-state index < -0.39 is 29.8 Å². The Morgan fingerprint density at radius 2 is 1.48 bits per heavy atom. The third kappa shape index (κ3) is 4.25. The molecule has 5 heteroatoms. The van der Waals surface area contributed by atoms with E-state index >= 15 is 0 Å². The van der Waals surface area contributed by atoms with Gasteiger partial charge in [-0.05, 0) is 53.5 Å². The van der Waals surface area contributed by atoms with Gasteiger partial charge in [0.15, 0.2) is 0 Å². The SMILES string of the molecule is CCc1ccc(Cc2ccc(CC)c([C@]3(O)C[C@H](CO)[C@@H](O)[C@H](O)[C@H]3O)c2)cc1. The zero-order chi connectivity index (χ0) is 21.2. The van der Waals surface area contributed by atoms with Crippen molar-refractivity contribution < 1.29 is 25.5 Å². The topological polar surface area (TPSA) is 101 Å². The van der Waals surface area contributed by atoms with Crippen LogP contribution in [0.3, 0.4) is 0 Å². The Morgan fingerprint density at radius 3 is 2.07 bits per heavy atom. The predicted octanol–water partition coefficient (Wildman–Crippen LogP) is 1.68. The van der Waals surface area contributed by atoms with Gasteiger partial charge < -0.3 is 25.5 Å². The quantitative estimate of drug-likeness (QED) is 0.508. The summed E-state index contributed by atoms with van der Waals surface area (Å²) in [4.78, 5) is 0. The fraction of sp³-hybridized carbons (Fsp3) is 0.500. The minimum Gasteiger partial charge on any atom is -0.396 e. The lowest BCUT2D eigenvalue weighted by molar-refractivity contribution is -0.213. The zero-order valence-electron chi connectivity index (χ0n) is 17.1. The molecule has 1 aliphatic rings. The van der Waals surface area contributed by atoms with Crippen molar-refractivity contribution in [3.8, 4) is 0 Å². The second-order valence-electron chi connectivity index (χ2n) is 8.19. The molecule has 5 nitrogen and oxygen atoms in total. The van der Waals surface area contributed by atoms with E-state index in [9.17, 15) is 25.5 Å². The van der Waals surface area contributed by atoms with Crippen molar-refractivity contribution in [2.75, 3.05) is 6.61 Å². The Hall–Kier alpha value is -1.76. The van der Waals surface area contributed by atoms with Gasteiger partial charge in [0, 0.05) is 12.5 Å². The van der Waals surface area contributed by atoms with E-state index in [1.165, 1.54) is 5.56 Å². The molecule has 0 unspecified atom stereocenters. The maximum atomic E-state index is 11.4. The number of hydrogen-bond acceptors (Lipinski definition) is 5. The summed E-state index contributed by atoms with van der Waals surface area (Å²) in [7, 11) is 0. The third-order valence-electron chi connectivity index (χ3n) is 6.31. The lowest BCUT2D eigenvalue weighted by Gasteiger charge is -2.46. The Labute approximate surface area is 172 Å². The van der Waals surface area contributed by atoms with E-state index in [2.05, 4.69) is 31.2 Å². The summed E-state index contributed by atoms with van der Waals surface area (Å²) in [6.45, 7) is 3.71. The third-order valence-corrected chi connectivity index (χ3v) is 6.31. The standard InChI is InChI=1S/C24H32O5/c1-3-15-5-7-16(8-6-15)11-17-9-10-18(4-2)20(12-17)24(29)13-19(14-25)21(26)22(27)23(24)28/h5-10,12,19,21-23,25-29H,3-4,11,13-14H2,1-2H3/t19-,21-,22+,23-,24-/m1/s1. The Bertz CT molecular complexity index is 817. The molecule has 0 radical (unpaired) electrons.